The monoisotopic (exact) mass is 366 g/mol. The van der Waals surface area contributed by atoms with Crippen molar-refractivity contribution in [1.29, 1.82) is 0 Å². The Morgan fingerprint density at radius 3 is 2.42 bits per heavy atom. The maximum atomic E-state index is 12.7. The molecule has 1 heterocycles. The SMILES string of the molecule is CNC(=O)Cc1ccc(NC(=O)c2c[nH]c(=S)n2-c2ccccc2)cc1. The van der Waals surface area contributed by atoms with Crippen LogP contribution < -0.4 is 10.6 Å². The molecule has 0 radical (unpaired) electrons. The number of likely N-dealkylation sites (N-methyl/N-ethyl adjacent to an activating group) is 1. The van der Waals surface area contributed by atoms with Gasteiger partial charge in [0.15, 0.2) is 4.77 Å². The molecule has 1 aromatic heterocycles. The maximum Gasteiger partial charge on any atom is 0.274 e. The number of hydrogen-bond acceptors (Lipinski definition) is 3. The van der Waals surface area contributed by atoms with Crippen LogP contribution in [-0.4, -0.2) is 28.4 Å². The summed E-state index contributed by atoms with van der Waals surface area (Å²) in [6.07, 6.45) is 1.89. The van der Waals surface area contributed by atoms with Crippen LogP contribution >= 0.6 is 12.2 Å². The Morgan fingerprint density at radius 1 is 1.08 bits per heavy atom. The third kappa shape index (κ3) is 3.89. The fourth-order valence-corrected chi connectivity index (χ4v) is 2.81. The molecule has 3 N–H and O–H groups in total. The molecular formula is C19H18N4O2S. The van der Waals surface area contributed by atoms with Gasteiger partial charge in [0.25, 0.3) is 5.91 Å². The number of aromatic amines is 1. The summed E-state index contributed by atoms with van der Waals surface area (Å²) in [5, 5.41) is 5.43. The number of carbonyl (C=O) groups excluding carboxylic acids is 2. The first-order valence-corrected chi connectivity index (χ1v) is 8.46. The predicted molar refractivity (Wildman–Crippen MR) is 103 cm³/mol. The Hall–Kier alpha value is -3.19. The molecule has 2 aromatic carbocycles. The summed E-state index contributed by atoms with van der Waals surface area (Å²) in [5.41, 5.74) is 2.74. The number of benzene rings is 2. The first kappa shape index (κ1) is 17.6. The van der Waals surface area contributed by atoms with Gasteiger partial charge in [-0.05, 0) is 42.0 Å². The van der Waals surface area contributed by atoms with E-state index < -0.39 is 0 Å². The number of carbonyl (C=O) groups is 2. The number of aromatic nitrogens is 2. The number of para-hydroxylation sites is 1. The van der Waals surface area contributed by atoms with Crippen molar-refractivity contribution in [3.05, 3.63) is 76.8 Å². The van der Waals surface area contributed by atoms with Crippen LogP contribution in [0.25, 0.3) is 5.69 Å². The van der Waals surface area contributed by atoms with Crippen molar-refractivity contribution >= 4 is 29.7 Å². The van der Waals surface area contributed by atoms with Crippen molar-refractivity contribution in [1.82, 2.24) is 14.9 Å². The molecule has 0 saturated carbocycles. The molecule has 0 spiro atoms. The van der Waals surface area contributed by atoms with E-state index in [0.29, 0.717) is 22.6 Å². The van der Waals surface area contributed by atoms with E-state index in [9.17, 15) is 9.59 Å². The Labute approximate surface area is 155 Å². The van der Waals surface area contributed by atoms with E-state index in [0.717, 1.165) is 11.3 Å². The van der Waals surface area contributed by atoms with Crippen LogP contribution in [-0.2, 0) is 11.2 Å². The number of nitrogens with zero attached hydrogens (tertiary/aromatic N) is 1. The van der Waals surface area contributed by atoms with E-state index in [-0.39, 0.29) is 11.8 Å². The highest BCUT2D eigenvalue weighted by molar-refractivity contribution is 7.71. The highest BCUT2D eigenvalue weighted by Crippen LogP contribution is 2.16. The van der Waals surface area contributed by atoms with Crippen molar-refractivity contribution in [2.75, 3.05) is 12.4 Å². The van der Waals surface area contributed by atoms with Gasteiger partial charge in [-0.3, -0.25) is 14.2 Å². The minimum absolute atomic E-state index is 0.0593. The van der Waals surface area contributed by atoms with Gasteiger partial charge in [0, 0.05) is 24.6 Å². The van der Waals surface area contributed by atoms with E-state index in [1.165, 1.54) is 0 Å². The summed E-state index contributed by atoms with van der Waals surface area (Å²) >= 11 is 5.30. The second-order valence-electron chi connectivity index (χ2n) is 5.65. The zero-order valence-electron chi connectivity index (χ0n) is 14.2. The average molecular weight is 366 g/mol. The summed E-state index contributed by atoms with van der Waals surface area (Å²) in [5.74, 6) is -0.337. The number of H-pyrrole nitrogens is 1. The largest absolute Gasteiger partial charge is 0.359 e. The van der Waals surface area contributed by atoms with Gasteiger partial charge in [-0.15, -0.1) is 0 Å². The molecule has 0 aliphatic carbocycles. The summed E-state index contributed by atoms with van der Waals surface area (Å²) in [4.78, 5) is 27.0. The number of anilines is 1. The first-order valence-electron chi connectivity index (χ1n) is 8.05. The molecular weight excluding hydrogens is 348 g/mol. The first-order chi connectivity index (χ1) is 12.6. The summed E-state index contributed by atoms with van der Waals surface area (Å²) in [6.45, 7) is 0. The molecule has 0 aliphatic rings. The lowest BCUT2D eigenvalue weighted by Crippen LogP contribution is -2.20. The molecule has 2 amide bonds. The molecule has 0 bridgehead atoms. The Bertz CT molecular complexity index is 975. The lowest BCUT2D eigenvalue weighted by molar-refractivity contribution is -0.119. The fourth-order valence-electron chi connectivity index (χ4n) is 2.54. The fraction of sp³-hybridized carbons (Fsp3) is 0.105. The van der Waals surface area contributed by atoms with E-state index in [2.05, 4.69) is 15.6 Å². The van der Waals surface area contributed by atoms with Gasteiger partial charge >= 0.3 is 0 Å². The molecule has 7 heteroatoms. The predicted octanol–water partition coefficient (Wildman–Crippen LogP) is 3.08. The third-order valence-electron chi connectivity index (χ3n) is 3.88. The van der Waals surface area contributed by atoms with Crippen LogP contribution in [0.1, 0.15) is 16.1 Å². The van der Waals surface area contributed by atoms with Gasteiger partial charge in [0.05, 0.1) is 6.42 Å². The quantitative estimate of drug-likeness (QED) is 0.607. The third-order valence-corrected chi connectivity index (χ3v) is 4.18. The number of rotatable bonds is 5. The van der Waals surface area contributed by atoms with Gasteiger partial charge in [-0.1, -0.05) is 30.3 Å². The minimum atomic E-state index is -0.278. The summed E-state index contributed by atoms with van der Waals surface area (Å²) in [7, 11) is 1.60. The van der Waals surface area contributed by atoms with Gasteiger partial charge in [0.2, 0.25) is 5.91 Å². The van der Waals surface area contributed by atoms with Gasteiger partial charge in [0.1, 0.15) is 5.69 Å². The minimum Gasteiger partial charge on any atom is -0.359 e. The van der Waals surface area contributed by atoms with Crippen LogP contribution in [0, 0.1) is 4.77 Å². The zero-order valence-corrected chi connectivity index (χ0v) is 15.0. The van der Waals surface area contributed by atoms with Crippen LogP contribution in [0.5, 0.6) is 0 Å². The molecule has 3 aromatic rings. The van der Waals surface area contributed by atoms with E-state index in [1.807, 2.05) is 42.5 Å². The van der Waals surface area contributed by atoms with E-state index in [1.54, 1.807) is 29.9 Å². The Kier molecular flexibility index (Phi) is 5.28. The molecule has 0 fully saturated rings. The lowest BCUT2D eigenvalue weighted by atomic mass is 10.1. The van der Waals surface area contributed by atoms with Crippen molar-refractivity contribution in [2.24, 2.45) is 0 Å². The molecule has 0 unspecified atom stereocenters. The summed E-state index contributed by atoms with van der Waals surface area (Å²) < 4.78 is 2.13. The number of nitrogens with one attached hydrogen (secondary N) is 3. The zero-order chi connectivity index (χ0) is 18.5. The molecule has 3 rings (SSSR count). The van der Waals surface area contributed by atoms with Crippen LogP contribution in [0.3, 0.4) is 0 Å². The second kappa shape index (κ2) is 7.79. The standard InChI is InChI=1S/C19H18N4O2S/c1-20-17(24)11-13-7-9-14(10-8-13)22-18(25)16-12-21-19(26)23(16)15-5-3-2-4-6-15/h2-10,12H,11H2,1H3,(H,20,24)(H,21,26)(H,22,25). The smallest absolute Gasteiger partial charge is 0.274 e. The molecule has 0 saturated heterocycles. The highest BCUT2D eigenvalue weighted by Gasteiger charge is 2.14. The van der Waals surface area contributed by atoms with Crippen molar-refractivity contribution < 1.29 is 9.59 Å². The van der Waals surface area contributed by atoms with Crippen LogP contribution in [0.4, 0.5) is 5.69 Å². The van der Waals surface area contributed by atoms with Gasteiger partial charge < -0.3 is 15.6 Å². The van der Waals surface area contributed by atoms with E-state index >= 15 is 0 Å². The number of imidazole rings is 1. The molecule has 0 atom stereocenters. The number of amides is 2. The molecule has 26 heavy (non-hydrogen) atoms. The number of hydrogen-bond donors (Lipinski definition) is 3. The Balaban J connectivity index is 1.79. The van der Waals surface area contributed by atoms with E-state index in [4.69, 9.17) is 12.2 Å². The van der Waals surface area contributed by atoms with Crippen LogP contribution in [0.15, 0.2) is 60.8 Å². The molecule has 132 valence electrons. The van der Waals surface area contributed by atoms with Crippen molar-refractivity contribution in [2.45, 2.75) is 6.42 Å². The van der Waals surface area contributed by atoms with Crippen molar-refractivity contribution in [3.63, 3.8) is 0 Å². The highest BCUT2D eigenvalue weighted by atomic mass is 32.1. The maximum absolute atomic E-state index is 12.7. The second-order valence-corrected chi connectivity index (χ2v) is 6.04. The van der Waals surface area contributed by atoms with Gasteiger partial charge in [-0.2, -0.15) is 0 Å². The average Bonchev–Trinajstić information content (AvgIpc) is 3.05. The van der Waals surface area contributed by atoms with Gasteiger partial charge in [-0.25, -0.2) is 0 Å². The van der Waals surface area contributed by atoms with Crippen molar-refractivity contribution in [3.8, 4) is 5.69 Å². The topological polar surface area (TPSA) is 78.9 Å². The van der Waals surface area contributed by atoms with Crippen LogP contribution in [0.2, 0.25) is 0 Å². The lowest BCUT2D eigenvalue weighted by Gasteiger charge is -2.09. The Morgan fingerprint density at radius 2 is 1.77 bits per heavy atom. The molecule has 6 nitrogen and oxygen atoms in total. The normalized spacial score (nSPS) is 10.3. The summed E-state index contributed by atoms with van der Waals surface area (Å²) in [6, 6.07) is 16.6. The molecule has 0 aliphatic heterocycles.